The molecule has 15 heavy (non-hydrogen) atoms. The third-order valence-electron chi connectivity index (χ3n) is 2.41. The normalized spacial score (nSPS) is 12.5. The molecule has 0 radical (unpaired) electrons. The van der Waals surface area contributed by atoms with Gasteiger partial charge >= 0.3 is 0 Å². The van der Waals surface area contributed by atoms with Gasteiger partial charge < -0.3 is 10.1 Å². The number of ether oxygens (including phenoxy) is 1. The van der Waals surface area contributed by atoms with Gasteiger partial charge in [0.2, 0.25) is 0 Å². The molecule has 0 fully saturated rings. The van der Waals surface area contributed by atoms with Crippen molar-refractivity contribution in [3.05, 3.63) is 28.2 Å². The second-order valence-electron chi connectivity index (χ2n) is 3.66. The quantitative estimate of drug-likeness (QED) is 0.884. The molecule has 1 rings (SSSR count). The molecule has 3 heteroatoms. The predicted molar refractivity (Wildman–Crippen MR) is 68.5 cm³/mol. The third kappa shape index (κ3) is 3.84. The third-order valence-corrected chi connectivity index (χ3v) is 2.90. The van der Waals surface area contributed by atoms with Crippen molar-refractivity contribution in [3.8, 4) is 0 Å². The van der Waals surface area contributed by atoms with Crippen LogP contribution in [0.2, 0.25) is 0 Å². The molecule has 0 aliphatic rings. The van der Waals surface area contributed by atoms with Crippen molar-refractivity contribution in [2.75, 3.05) is 19.0 Å². The Kier molecular flexibility index (Phi) is 5.12. The number of nitrogens with one attached hydrogen (secondary N) is 1. The zero-order valence-corrected chi connectivity index (χ0v) is 11.1. The molecular formula is C12H18BrNO. The SMILES string of the molecule is CCC(COC)Nc1ccc(Br)cc1C. The zero-order valence-electron chi connectivity index (χ0n) is 9.51. The average Bonchev–Trinajstić information content (AvgIpc) is 2.21. The molecule has 1 atom stereocenters. The summed E-state index contributed by atoms with van der Waals surface area (Å²) in [4.78, 5) is 0. The van der Waals surface area contributed by atoms with Crippen molar-refractivity contribution in [2.45, 2.75) is 26.3 Å². The predicted octanol–water partition coefficient (Wildman–Crippen LogP) is 3.59. The maximum absolute atomic E-state index is 5.16. The number of halogens is 1. The van der Waals surface area contributed by atoms with Crippen LogP contribution in [0.15, 0.2) is 22.7 Å². The zero-order chi connectivity index (χ0) is 11.3. The molecule has 0 aliphatic heterocycles. The Morgan fingerprint density at radius 3 is 2.73 bits per heavy atom. The van der Waals surface area contributed by atoms with Crippen LogP contribution in [-0.4, -0.2) is 19.8 Å². The number of hydrogen-bond acceptors (Lipinski definition) is 2. The molecule has 0 aromatic heterocycles. The summed E-state index contributed by atoms with van der Waals surface area (Å²) < 4.78 is 6.27. The van der Waals surface area contributed by atoms with Gasteiger partial charge in [0, 0.05) is 23.3 Å². The molecule has 1 N–H and O–H groups in total. The van der Waals surface area contributed by atoms with Gasteiger partial charge in [0.05, 0.1) is 6.61 Å². The molecule has 0 heterocycles. The van der Waals surface area contributed by atoms with E-state index in [0.29, 0.717) is 6.04 Å². The van der Waals surface area contributed by atoms with Crippen molar-refractivity contribution in [3.63, 3.8) is 0 Å². The van der Waals surface area contributed by atoms with E-state index in [2.05, 4.69) is 53.3 Å². The van der Waals surface area contributed by atoms with Crippen LogP contribution in [0, 0.1) is 6.92 Å². The topological polar surface area (TPSA) is 21.3 Å². The van der Waals surface area contributed by atoms with Crippen molar-refractivity contribution in [1.29, 1.82) is 0 Å². The lowest BCUT2D eigenvalue weighted by molar-refractivity contribution is 0.184. The highest BCUT2D eigenvalue weighted by Gasteiger charge is 2.06. The highest BCUT2D eigenvalue weighted by Crippen LogP contribution is 2.21. The summed E-state index contributed by atoms with van der Waals surface area (Å²) in [6, 6.07) is 6.64. The lowest BCUT2D eigenvalue weighted by Gasteiger charge is -2.18. The highest BCUT2D eigenvalue weighted by molar-refractivity contribution is 9.10. The van der Waals surface area contributed by atoms with Gasteiger partial charge in [0.25, 0.3) is 0 Å². The van der Waals surface area contributed by atoms with Gasteiger partial charge in [0.1, 0.15) is 0 Å². The van der Waals surface area contributed by atoms with Gasteiger partial charge in [-0.1, -0.05) is 22.9 Å². The monoisotopic (exact) mass is 271 g/mol. The van der Waals surface area contributed by atoms with E-state index in [-0.39, 0.29) is 0 Å². The molecule has 1 unspecified atom stereocenters. The Balaban J connectivity index is 2.70. The van der Waals surface area contributed by atoms with E-state index in [0.717, 1.165) is 17.5 Å². The fraction of sp³-hybridized carbons (Fsp3) is 0.500. The second kappa shape index (κ2) is 6.13. The van der Waals surface area contributed by atoms with Gasteiger partial charge in [-0.25, -0.2) is 0 Å². The standard InChI is InChI=1S/C12H18BrNO/c1-4-11(8-15-3)14-12-6-5-10(13)7-9(12)2/h5-7,11,14H,4,8H2,1-3H3. The Hall–Kier alpha value is -0.540. The van der Waals surface area contributed by atoms with E-state index < -0.39 is 0 Å². The fourth-order valence-corrected chi connectivity index (χ4v) is 1.95. The number of methoxy groups -OCH3 is 1. The van der Waals surface area contributed by atoms with Crippen LogP contribution in [0.5, 0.6) is 0 Å². The number of benzene rings is 1. The van der Waals surface area contributed by atoms with Crippen LogP contribution in [0.3, 0.4) is 0 Å². The fourth-order valence-electron chi connectivity index (χ4n) is 1.47. The van der Waals surface area contributed by atoms with Crippen LogP contribution in [0.25, 0.3) is 0 Å². The van der Waals surface area contributed by atoms with Crippen LogP contribution < -0.4 is 5.32 Å². The first-order valence-corrected chi connectivity index (χ1v) is 5.98. The van der Waals surface area contributed by atoms with Gasteiger partial charge in [-0.05, 0) is 37.1 Å². The molecule has 0 aliphatic carbocycles. The summed E-state index contributed by atoms with van der Waals surface area (Å²) in [5.74, 6) is 0. The molecule has 1 aromatic carbocycles. The Morgan fingerprint density at radius 2 is 2.20 bits per heavy atom. The molecule has 2 nitrogen and oxygen atoms in total. The van der Waals surface area contributed by atoms with Crippen molar-refractivity contribution in [2.24, 2.45) is 0 Å². The average molecular weight is 272 g/mol. The first-order valence-electron chi connectivity index (χ1n) is 5.19. The van der Waals surface area contributed by atoms with Crippen molar-refractivity contribution < 1.29 is 4.74 Å². The second-order valence-corrected chi connectivity index (χ2v) is 4.58. The van der Waals surface area contributed by atoms with Crippen LogP contribution in [0.4, 0.5) is 5.69 Å². The van der Waals surface area contributed by atoms with E-state index in [1.807, 2.05) is 0 Å². The smallest absolute Gasteiger partial charge is 0.0663 e. The Labute approximate surface area is 100 Å². The molecular weight excluding hydrogens is 254 g/mol. The van der Waals surface area contributed by atoms with Gasteiger partial charge in [-0.3, -0.25) is 0 Å². The lowest BCUT2D eigenvalue weighted by atomic mass is 10.1. The van der Waals surface area contributed by atoms with E-state index >= 15 is 0 Å². The van der Waals surface area contributed by atoms with Gasteiger partial charge in [-0.15, -0.1) is 0 Å². The molecule has 0 spiro atoms. The van der Waals surface area contributed by atoms with E-state index in [9.17, 15) is 0 Å². The molecule has 0 amide bonds. The van der Waals surface area contributed by atoms with Crippen molar-refractivity contribution in [1.82, 2.24) is 0 Å². The summed E-state index contributed by atoms with van der Waals surface area (Å²) >= 11 is 3.46. The van der Waals surface area contributed by atoms with Crippen LogP contribution in [0.1, 0.15) is 18.9 Å². The lowest BCUT2D eigenvalue weighted by Crippen LogP contribution is -2.24. The van der Waals surface area contributed by atoms with Gasteiger partial charge in [-0.2, -0.15) is 0 Å². The minimum Gasteiger partial charge on any atom is -0.383 e. The van der Waals surface area contributed by atoms with E-state index in [4.69, 9.17) is 4.74 Å². The molecule has 1 aromatic rings. The summed E-state index contributed by atoms with van der Waals surface area (Å²) in [6.45, 7) is 5.00. The Bertz CT molecular complexity index is 314. The van der Waals surface area contributed by atoms with Crippen molar-refractivity contribution >= 4 is 21.6 Å². The number of rotatable bonds is 5. The summed E-state index contributed by atoms with van der Waals surface area (Å²) in [6.07, 6.45) is 1.06. The first-order chi connectivity index (χ1) is 7.17. The van der Waals surface area contributed by atoms with Crippen LogP contribution in [-0.2, 0) is 4.74 Å². The maximum atomic E-state index is 5.16. The minimum atomic E-state index is 0.384. The first kappa shape index (κ1) is 12.5. The van der Waals surface area contributed by atoms with E-state index in [1.54, 1.807) is 7.11 Å². The molecule has 84 valence electrons. The summed E-state index contributed by atoms with van der Waals surface area (Å²) in [7, 11) is 1.73. The number of aryl methyl sites for hydroxylation is 1. The number of anilines is 1. The number of hydrogen-bond donors (Lipinski definition) is 1. The van der Waals surface area contributed by atoms with E-state index in [1.165, 1.54) is 11.3 Å². The minimum absolute atomic E-state index is 0.384. The highest BCUT2D eigenvalue weighted by atomic mass is 79.9. The molecule has 0 saturated heterocycles. The largest absolute Gasteiger partial charge is 0.383 e. The molecule has 0 bridgehead atoms. The van der Waals surface area contributed by atoms with Gasteiger partial charge in [0.15, 0.2) is 0 Å². The maximum Gasteiger partial charge on any atom is 0.0663 e. The Morgan fingerprint density at radius 1 is 1.47 bits per heavy atom. The van der Waals surface area contributed by atoms with Crippen LogP contribution >= 0.6 is 15.9 Å². The summed E-state index contributed by atoms with van der Waals surface area (Å²) in [5.41, 5.74) is 2.43. The molecule has 0 saturated carbocycles. The summed E-state index contributed by atoms with van der Waals surface area (Å²) in [5, 5.41) is 3.48.